The first-order chi connectivity index (χ1) is 13.8. The van der Waals surface area contributed by atoms with Crippen LogP contribution in [0.1, 0.15) is 44.7 Å². The number of aryl methyl sites for hydroxylation is 1. The second-order valence-corrected chi connectivity index (χ2v) is 10.5. The van der Waals surface area contributed by atoms with E-state index in [2.05, 4.69) is 15.0 Å². The Balaban J connectivity index is 1.67. The molecule has 166 valence electrons. The number of halogens is 1. The normalized spacial score (nSPS) is 21.4. The van der Waals surface area contributed by atoms with Gasteiger partial charge in [-0.2, -0.15) is 0 Å². The molecule has 2 heterocycles. The number of carbonyl (C=O) groups excluding carboxylic acids is 1. The number of carbonyl (C=O) groups is 1. The lowest BCUT2D eigenvalue weighted by molar-refractivity contribution is 0.00510. The molecule has 1 amide bonds. The molecule has 30 heavy (non-hydrogen) atoms. The highest BCUT2D eigenvalue weighted by atomic mass is 32.2. The van der Waals surface area contributed by atoms with Gasteiger partial charge >= 0.3 is 6.09 Å². The number of rotatable bonds is 2. The molecule has 2 aliphatic rings. The van der Waals surface area contributed by atoms with Gasteiger partial charge in [-0.25, -0.2) is 27.3 Å². The van der Waals surface area contributed by atoms with Crippen LogP contribution in [-0.2, 0) is 14.8 Å². The second-order valence-electron chi connectivity index (χ2n) is 8.90. The maximum absolute atomic E-state index is 15.2. The first-order valence-corrected chi connectivity index (χ1v) is 11.4. The second kappa shape index (κ2) is 7.72. The van der Waals surface area contributed by atoms with E-state index in [-0.39, 0.29) is 43.3 Å². The number of anilines is 1. The first-order valence-electron chi connectivity index (χ1n) is 9.91. The van der Waals surface area contributed by atoms with Crippen LogP contribution >= 0.6 is 0 Å². The molecule has 0 radical (unpaired) electrons. The van der Waals surface area contributed by atoms with Gasteiger partial charge in [-0.15, -0.1) is 0 Å². The molecule has 0 atom stereocenters. The van der Waals surface area contributed by atoms with Crippen molar-refractivity contribution in [2.75, 3.05) is 25.0 Å². The molecule has 0 aliphatic carbocycles. The van der Waals surface area contributed by atoms with Crippen molar-refractivity contribution in [1.82, 2.24) is 9.62 Å². The number of ether oxygens (including phenoxy) is 1. The lowest BCUT2D eigenvalue weighted by atomic mass is 9.93. The number of fused-ring (bicyclic) bond motifs is 1. The zero-order valence-corrected chi connectivity index (χ0v) is 18.8. The molecular formula is C20H29FN4O4S. The molecule has 8 nitrogen and oxygen atoms in total. The van der Waals surface area contributed by atoms with E-state index in [1.807, 2.05) is 13.0 Å². The van der Waals surface area contributed by atoms with Gasteiger partial charge in [0.2, 0.25) is 5.96 Å². The summed E-state index contributed by atoms with van der Waals surface area (Å²) in [5, 5.41) is 2.94. The van der Waals surface area contributed by atoms with Gasteiger partial charge in [-0.1, -0.05) is 6.07 Å². The molecule has 0 spiro atoms. The van der Waals surface area contributed by atoms with Gasteiger partial charge < -0.3 is 15.0 Å². The van der Waals surface area contributed by atoms with Crippen LogP contribution in [0.2, 0.25) is 0 Å². The highest BCUT2D eigenvalue weighted by molar-refractivity contribution is 7.90. The summed E-state index contributed by atoms with van der Waals surface area (Å²) in [6.45, 7) is 9.15. The van der Waals surface area contributed by atoms with Crippen molar-refractivity contribution in [3.63, 3.8) is 0 Å². The van der Waals surface area contributed by atoms with Crippen LogP contribution in [0.25, 0.3) is 0 Å². The highest BCUT2D eigenvalue weighted by Gasteiger charge is 2.38. The number of nitrogens with one attached hydrogen (secondary N) is 2. The maximum Gasteiger partial charge on any atom is 0.410 e. The average Bonchev–Trinajstić information content (AvgIpc) is 2.61. The quantitative estimate of drug-likeness (QED) is 0.736. The molecular weight excluding hydrogens is 411 g/mol. The summed E-state index contributed by atoms with van der Waals surface area (Å²) in [7, 11) is -3.79. The summed E-state index contributed by atoms with van der Waals surface area (Å²) in [4.78, 5) is 18.0. The number of likely N-dealkylation sites (tertiary alicyclic amines) is 1. The third-order valence-electron chi connectivity index (χ3n) is 5.26. The summed E-state index contributed by atoms with van der Waals surface area (Å²) in [6, 6.07) is 3.50. The maximum atomic E-state index is 15.2. The molecule has 0 unspecified atom stereocenters. The van der Waals surface area contributed by atoms with Gasteiger partial charge in [0.25, 0.3) is 10.0 Å². The fourth-order valence-corrected chi connectivity index (χ4v) is 4.88. The fraction of sp³-hybridized carbons (Fsp3) is 0.600. The van der Waals surface area contributed by atoms with Crippen molar-refractivity contribution in [2.24, 2.45) is 4.99 Å². The number of aliphatic imine (C=N–C) groups is 1. The summed E-state index contributed by atoms with van der Waals surface area (Å²) in [5.41, 5.74) is -0.293. The topological polar surface area (TPSA) is 100 Å². The van der Waals surface area contributed by atoms with Crippen molar-refractivity contribution in [3.05, 3.63) is 23.3 Å². The number of piperidine rings is 1. The molecule has 1 aromatic rings. The van der Waals surface area contributed by atoms with Gasteiger partial charge in [0.1, 0.15) is 16.2 Å². The third-order valence-corrected chi connectivity index (χ3v) is 6.79. The molecule has 0 aromatic heterocycles. The number of benzene rings is 1. The van der Waals surface area contributed by atoms with Crippen LogP contribution in [0.4, 0.5) is 14.9 Å². The minimum absolute atomic E-state index is 0.00245. The molecule has 2 aliphatic heterocycles. The highest BCUT2D eigenvalue weighted by Crippen LogP contribution is 2.31. The SMILES string of the molecule is Cc1ccc2c(c1C)S(=O)(=O)NC(=NCC1(F)CCN(C(=O)OC(C)(C)C)CC1)N2. The van der Waals surface area contributed by atoms with E-state index in [9.17, 15) is 13.2 Å². The standard InChI is InChI=1S/C20H29FN4O4S/c1-13-6-7-15-16(14(13)2)30(27,28)24-17(23-15)22-12-20(21)8-10-25(11-9-20)18(26)29-19(3,4)5/h6-7H,8-12H2,1-5H3,(H2,22,23,24). The van der Waals surface area contributed by atoms with E-state index in [0.717, 1.165) is 5.56 Å². The van der Waals surface area contributed by atoms with Crippen molar-refractivity contribution in [1.29, 1.82) is 0 Å². The molecule has 1 saturated heterocycles. The Morgan fingerprint density at radius 2 is 1.90 bits per heavy atom. The number of alkyl halides is 1. The Morgan fingerprint density at radius 3 is 2.50 bits per heavy atom. The smallest absolute Gasteiger partial charge is 0.410 e. The average molecular weight is 441 g/mol. The lowest BCUT2D eigenvalue weighted by Crippen LogP contribution is -2.48. The molecule has 1 fully saturated rings. The van der Waals surface area contributed by atoms with Crippen molar-refractivity contribution >= 4 is 27.8 Å². The Hall–Kier alpha value is -2.36. The largest absolute Gasteiger partial charge is 0.444 e. The molecule has 1 aromatic carbocycles. The van der Waals surface area contributed by atoms with E-state index in [1.165, 1.54) is 4.90 Å². The third kappa shape index (κ3) is 4.85. The van der Waals surface area contributed by atoms with Crippen LogP contribution in [0.5, 0.6) is 0 Å². The molecule has 10 heteroatoms. The first kappa shape index (κ1) is 22.3. The molecule has 3 rings (SSSR count). The zero-order valence-electron chi connectivity index (χ0n) is 18.0. The fourth-order valence-electron chi connectivity index (χ4n) is 3.43. The van der Waals surface area contributed by atoms with E-state index in [0.29, 0.717) is 11.3 Å². The van der Waals surface area contributed by atoms with Crippen molar-refractivity contribution < 1.29 is 22.3 Å². The van der Waals surface area contributed by atoms with E-state index >= 15 is 4.39 Å². The minimum Gasteiger partial charge on any atom is -0.444 e. The van der Waals surface area contributed by atoms with Gasteiger partial charge in [0.15, 0.2) is 0 Å². The number of amides is 1. The Kier molecular flexibility index (Phi) is 5.74. The molecule has 0 saturated carbocycles. The van der Waals surface area contributed by atoms with Crippen molar-refractivity contribution in [2.45, 2.75) is 63.6 Å². The number of nitrogens with zero attached hydrogens (tertiary/aromatic N) is 2. The Morgan fingerprint density at radius 1 is 1.27 bits per heavy atom. The van der Waals surface area contributed by atoms with Gasteiger partial charge in [-0.3, -0.25) is 0 Å². The monoisotopic (exact) mass is 440 g/mol. The number of hydrogen-bond donors (Lipinski definition) is 2. The Labute approximate surface area is 176 Å². The zero-order chi connectivity index (χ0) is 22.3. The molecule has 2 N–H and O–H groups in total. The number of hydrogen-bond acceptors (Lipinski definition) is 5. The lowest BCUT2D eigenvalue weighted by Gasteiger charge is -2.36. The summed E-state index contributed by atoms with van der Waals surface area (Å²) in [6.07, 6.45) is -0.255. The minimum atomic E-state index is -3.79. The van der Waals surface area contributed by atoms with Gasteiger partial charge in [-0.05, 0) is 51.8 Å². The van der Waals surface area contributed by atoms with Crippen LogP contribution in [0.15, 0.2) is 22.0 Å². The van der Waals surface area contributed by atoms with E-state index in [4.69, 9.17) is 4.74 Å². The summed E-state index contributed by atoms with van der Waals surface area (Å²) < 4.78 is 48.2. The summed E-state index contributed by atoms with van der Waals surface area (Å²) in [5.74, 6) is -0.00245. The Bertz CT molecular complexity index is 977. The summed E-state index contributed by atoms with van der Waals surface area (Å²) >= 11 is 0. The predicted octanol–water partition coefficient (Wildman–Crippen LogP) is 3.10. The van der Waals surface area contributed by atoms with Crippen LogP contribution < -0.4 is 10.0 Å². The van der Waals surface area contributed by atoms with Crippen LogP contribution in [-0.4, -0.2) is 56.3 Å². The van der Waals surface area contributed by atoms with Gasteiger partial charge in [0.05, 0.1) is 12.2 Å². The van der Waals surface area contributed by atoms with Crippen molar-refractivity contribution in [3.8, 4) is 0 Å². The predicted molar refractivity (Wildman–Crippen MR) is 113 cm³/mol. The molecule has 0 bridgehead atoms. The van der Waals surface area contributed by atoms with E-state index < -0.39 is 27.4 Å². The van der Waals surface area contributed by atoms with Gasteiger partial charge in [0, 0.05) is 25.9 Å². The van der Waals surface area contributed by atoms with Crippen LogP contribution in [0, 0.1) is 13.8 Å². The number of sulfonamides is 1. The van der Waals surface area contributed by atoms with E-state index in [1.54, 1.807) is 33.8 Å². The van der Waals surface area contributed by atoms with Crippen LogP contribution in [0.3, 0.4) is 0 Å². The number of guanidine groups is 1.